The van der Waals surface area contributed by atoms with E-state index in [2.05, 4.69) is 37.9 Å². The summed E-state index contributed by atoms with van der Waals surface area (Å²) in [6, 6.07) is 1.62. The highest BCUT2D eigenvalue weighted by molar-refractivity contribution is 4.89. The molecule has 2 unspecified atom stereocenters. The topological polar surface area (TPSA) is 15.3 Å². The molecule has 0 radical (unpaired) electrons. The van der Waals surface area contributed by atoms with E-state index in [4.69, 9.17) is 0 Å². The van der Waals surface area contributed by atoms with Crippen LogP contribution in [0.5, 0.6) is 0 Å². The van der Waals surface area contributed by atoms with Crippen molar-refractivity contribution in [2.45, 2.75) is 78.3 Å². The first-order valence-corrected chi connectivity index (χ1v) is 8.45. The van der Waals surface area contributed by atoms with Gasteiger partial charge in [-0.25, -0.2) is 0 Å². The Labute approximate surface area is 120 Å². The molecule has 2 heteroatoms. The Kier molecular flexibility index (Phi) is 5.30. The lowest BCUT2D eigenvalue weighted by Crippen LogP contribution is -2.53. The van der Waals surface area contributed by atoms with E-state index >= 15 is 0 Å². The van der Waals surface area contributed by atoms with Gasteiger partial charge >= 0.3 is 0 Å². The van der Waals surface area contributed by atoms with E-state index in [0.717, 1.165) is 24.5 Å². The minimum absolute atomic E-state index is 0.400. The predicted molar refractivity (Wildman–Crippen MR) is 83.5 cm³/mol. The van der Waals surface area contributed by atoms with Gasteiger partial charge in [-0.1, -0.05) is 47.0 Å². The molecule has 1 saturated carbocycles. The first-order valence-electron chi connectivity index (χ1n) is 8.45. The number of hydrogen-bond donors (Lipinski definition) is 1. The summed E-state index contributed by atoms with van der Waals surface area (Å²) in [4.78, 5) is 2.81. The van der Waals surface area contributed by atoms with Crippen LogP contribution in [-0.2, 0) is 0 Å². The minimum Gasteiger partial charge on any atom is -0.312 e. The molecule has 19 heavy (non-hydrogen) atoms. The van der Waals surface area contributed by atoms with Crippen molar-refractivity contribution in [3.8, 4) is 0 Å². The van der Waals surface area contributed by atoms with Gasteiger partial charge in [0.25, 0.3) is 0 Å². The summed E-state index contributed by atoms with van der Waals surface area (Å²) in [5, 5.41) is 3.84. The van der Waals surface area contributed by atoms with Gasteiger partial charge in [0.05, 0.1) is 0 Å². The van der Waals surface area contributed by atoms with Gasteiger partial charge < -0.3 is 5.32 Å². The molecular weight excluding hydrogens is 232 g/mol. The number of nitrogens with one attached hydrogen (secondary N) is 1. The fourth-order valence-electron chi connectivity index (χ4n) is 3.70. The van der Waals surface area contributed by atoms with E-state index in [0.29, 0.717) is 5.41 Å². The smallest absolute Gasteiger partial charge is 0.0198 e. The van der Waals surface area contributed by atoms with Crippen molar-refractivity contribution in [3.05, 3.63) is 0 Å². The quantitative estimate of drug-likeness (QED) is 0.835. The van der Waals surface area contributed by atoms with Crippen molar-refractivity contribution in [2.24, 2.45) is 11.3 Å². The van der Waals surface area contributed by atoms with E-state index in [1.165, 1.54) is 51.6 Å². The molecule has 2 aliphatic rings. The van der Waals surface area contributed by atoms with Crippen molar-refractivity contribution in [2.75, 3.05) is 19.6 Å². The lowest BCUT2D eigenvalue weighted by atomic mass is 9.89. The second-order valence-electron chi connectivity index (χ2n) is 8.04. The van der Waals surface area contributed by atoms with Crippen LogP contribution in [-0.4, -0.2) is 36.6 Å². The molecule has 1 aliphatic heterocycles. The maximum atomic E-state index is 3.84. The Morgan fingerprint density at radius 1 is 1.11 bits per heavy atom. The van der Waals surface area contributed by atoms with Crippen LogP contribution in [0.25, 0.3) is 0 Å². The second-order valence-corrected chi connectivity index (χ2v) is 8.04. The van der Waals surface area contributed by atoms with Crippen molar-refractivity contribution in [3.63, 3.8) is 0 Å². The second kappa shape index (κ2) is 6.58. The lowest BCUT2D eigenvalue weighted by molar-refractivity contribution is 0.0938. The third-order valence-electron chi connectivity index (χ3n) is 4.90. The summed E-state index contributed by atoms with van der Waals surface area (Å²) in [7, 11) is 0. The molecule has 112 valence electrons. The summed E-state index contributed by atoms with van der Waals surface area (Å²) < 4.78 is 0. The summed E-state index contributed by atoms with van der Waals surface area (Å²) in [6.07, 6.45) is 8.54. The van der Waals surface area contributed by atoms with Crippen molar-refractivity contribution in [1.82, 2.24) is 10.2 Å². The molecule has 0 bridgehead atoms. The van der Waals surface area contributed by atoms with Gasteiger partial charge in [0.1, 0.15) is 0 Å². The van der Waals surface area contributed by atoms with E-state index in [-0.39, 0.29) is 0 Å². The molecule has 1 heterocycles. The zero-order valence-electron chi connectivity index (χ0n) is 13.5. The third-order valence-corrected chi connectivity index (χ3v) is 4.90. The molecule has 1 N–H and O–H groups in total. The predicted octanol–water partition coefficient (Wildman–Crippen LogP) is 3.67. The number of likely N-dealkylation sites (tertiary alicyclic amines) is 1. The van der Waals surface area contributed by atoms with Crippen molar-refractivity contribution < 1.29 is 0 Å². The van der Waals surface area contributed by atoms with Crippen LogP contribution in [0.3, 0.4) is 0 Å². The van der Waals surface area contributed by atoms with Crippen LogP contribution in [0, 0.1) is 11.3 Å². The fourth-order valence-corrected chi connectivity index (χ4v) is 3.70. The van der Waals surface area contributed by atoms with E-state index in [9.17, 15) is 0 Å². The normalized spacial score (nSPS) is 30.9. The maximum Gasteiger partial charge on any atom is 0.0198 e. The molecule has 2 rings (SSSR count). The molecular formula is C17H34N2. The standard InChI is InChI=1S/C17H34N2/c1-5-14-10-15(18-13-17(2,3)4)12-19(11-14)16-8-6-7-9-16/h14-16,18H,5-13H2,1-4H3. The van der Waals surface area contributed by atoms with Crippen LogP contribution in [0.15, 0.2) is 0 Å². The van der Waals surface area contributed by atoms with Gasteiger partial charge in [-0.3, -0.25) is 4.90 Å². The van der Waals surface area contributed by atoms with Crippen LogP contribution in [0.4, 0.5) is 0 Å². The Morgan fingerprint density at radius 2 is 1.79 bits per heavy atom. The molecule has 0 aromatic heterocycles. The Hall–Kier alpha value is -0.0800. The molecule has 0 amide bonds. The molecule has 0 aromatic rings. The Balaban J connectivity index is 1.88. The summed E-state index contributed by atoms with van der Waals surface area (Å²) in [6.45, 7) is 13.1. The van der Waals surface area contributed by atoms with Gasteiger partial charge in [0.15, 0.2) is 0 Å². The Bertz CT molecular complexity index is 263. The molecule has 2 atom stereocenters. The zero-order chi connectivity index (χ0) is 13.9. The van der Waals surface area contributed by atoms with Gasteiger partial charge in [-0.15, -0.1) is 0 Å². The molecule has 0 spiro atoms. The summed E-state index contributed by atoms with van der Waals surface area (Å²) in [5.74, 6) is 0.909. The third kappa shape index (κ3) is 4.75. The van der Waals surface area contributed by atoms with Crippen LogP contribution >= 0.6 is 0 Å². The zero-order valence-corrected chi connectivity index (χ0v) is 13.5. The van der Waals surface area contributed by atoms with Crippen LogP contribution in [0.1, 0.15) is 66.2 Å². The van der Waals surface area contributed by atoms with Crippen LogP contribution in [0.2, 0.25) is 0 Å². The highest BCUT2D eigenvalue weighted by Crippen LogP contribution is 2.29. The average molecular weight is 266 g/mol. The monoisotopic (exact) mass is 266 g/mol. The van der Waals surface area contributed by atoms with Gasteiger partial charge in [-0.2, -0.15) is 0 Å². The summed E-state index contributed by atoms with van der Waals surface area (Å²) >= 11 is 0. The SMILES string of the molecule is CCC1CC(NCC(C)(C)C)CN(C2CCCC2)C1. The van der Waals surface area contributed by atoms with Crippen molar-refractivity contribution >= 4 is 0 Å². The number of piperidine rings is 1. The lowest BCUT2D eigenvalue weighted by Gasteiger charge is -2.42. The highest BCUT2D eigenvalue weighted by atomic mass is 15.2. The minimum atomic E-state index is 0.400. The van der Waals surface area contributed by atoms with Crippen molar-refractivity contribution in [1.29, 1.82) is 0 Å². The van der Waals surface area contributed by atoms with Gasteiger partial charge in [0, 0.05) is 31.7 Å². The first kappa shape index (κ1) is 15.3. The highest BCUT2D eigenvalue weighted by Gasteiger charge is 2.32. The number of rotatable bonds is 4. The molecule has 1 aliphatic carbocycles. The number of nitrogens with zero attached hydrogens (tertiary/aromatic N) is 1. The van der Waals surface area contributed by atoms with E-state index in [1.807, 2.05) is 0 Å². The molecule has 2 nitrogen and oxygen atoms in total. The largest absolute Gasteiger partial charge is 0.312 e. The van der Waals surface area contributed by atoms with E-state index in [1.54, 1.807) is 0 Å². The van der Waals surface area contributed by atoms with Crippen LogP contribution < -0.4 is 5.32 Å². The number of hydrogen-bond acceptors (Lipinski definition) is 2. The van der Waals surface area contributed by atoms with Gasteiger partial charge in [0.2, 0.25) is 0 Å². The molecule has 1 saturated heterocycles. The summed E-state index contributed by atoms with van der Waals surface area (Å²) in [5.41, 5.74) is 0.400. The average Bonchev–Trinajstić information content (AvgIpc) is 2.89. The Morgan fingerprint density at radius 3 is 2.37 bits per heavy atom. The fraction of sp³-hybridized carbons (Fsp3) is 1.00. The molecule has 0 aromatic carbocycles. The van der Waals surface area contributed by atoms with Gasteiger partial charge in [-0.05, 0) is 30.6 Å². The van der Waals surface area contributed by atoms with E-state index < -0.39 is 0 Å². The maximum absolute atomic E-state index is 3.84. The molecule has 2 fully saturated rings. The first-order chi connectivity index (χ1) is 8.98.